The molecule has 0 radical (unpaired) electrons. The number of nitrogens with one attached hydrogen (secondary N) is 1. The fourth-order valence-corrected chi connectivity index (χ4v) is 1.95. The minimum absolute atomic E-state index is 0.112. The van der Waals surface area contributed by atoms with Crippen LogP contribution < -0.4 is 15.8 Å². The predicted octanol–water partition coefficient (Wildman–Crippen LogP) is 3.38. The first-order valence-corrected chi connectivity index (χ1v) is 7.47. The third-order valence-corrected chi connectivity index (χ3v) is 3.50. The number of carbonyl (C=O) groups excluding carboxylic acids is 1. The summed E-state index contributed by atoms with van der Waals surface area (Å²) in [6, 6.07) is 15.1. The molecule has 0 fully saturated rings. The number of benzene rings is 2. The molecular formula is C18H22N2O2. The van der Waals surface area contributed by atoms with Gasteiger partial charge >= 0.3 is 0 Å². The molecule has 0 heterocycles. The van der Waals surface area contributed by atoms with E-state index in [1.807, 2.05) is 44.2 Å². The Bertz CT molecular complexity index is 626. The Balaban J connectivity index is 2.08. The van der Waals surface area contributed by atoms with Crippen molar-refractivity contribution in [2.75, 3.05) is 5.73 Å². The summed E-state index contributed by atoms with van der Waals surface area (Å²) in [5.41, 5.74) is 8.05. The van der Waals surface area contributed by atoms with Crippen LogP contribution in [0.15, 0.2) is 48.5 Å². The van der Waals surface area contributed by atoms with Crippen LogP contribution in [0, 0.1) is 0 Å². The van der Waals surface area contributed by atoms with Gasteiger partial charge in [0.05, 0.1) is 5.69 Å². The molecule has 4 nitrogen and oxygen atoms in total. The zero-order valence-corrected chi connectivity index (χ0v) is 13.0. The Labute approximate surface area is 131 Å². The summed E-state index contributed by atoms with van der Waals surface area (Å²) in [4.78, 5) is 12.1. The molecule has 2 rings (SSSR count). The fraction of sp³-hybridized carbons (Fsp3) is 0.278. The molecule has 2 aromatic rings. The van der Waals surface area contributed by atoms with Gasteiger partial charge in [0.25, 0.3) is 5.91 Å². The van der Waals surface area contributed by atoms with Crippen LogP contribution in [0.1, 0.15) is 36.2 Å². The van der Waals surface area contributed by atoms with Gasteiger partial charge in [-0.3, -0.25) is 4.79 Å². The molecule has 1 amide bonds. The Morgan fingerprint density at radius 2 is 1.95 bits per heavy atom. The van der Waals surface area contributed by atoms with E-state index >= 15 is 0 Å². The molecule has 116 valence electrons. The Hall–Kier alpha value is -2.49. The van der Waals surface area contributed by atoms with E-state index in [1.54, 1.807) is 18.2 Å². The number of ether oxygens (including phenoxy) is 1. The maximum Gasteiger partial charge on any atom is 0.251 e. The zero-order valence-electron chi connectivity index (χ0n) is 13.0. The van der Waals surface area contributed by atoms with Gasteiger partial charge in [0.2, 0.25) is 0 Å². The molecule has 0 saturated heterocycles. The molecule has 0 spiro atoms. The highest BCUT2D eigenvalue weighted by Crippen LogP contribution is 2.24. The van der Waals surface area contributed by atoms with Crippen LogP contribution >= 0.6 is 0 Å². The van der Waals surface area contributed by atoms with Crippen LogP contribution in [0.5, 0.6) is 5.75 Å². The minimum Gasteiger partial charge on any atom is -0.487 e. The molecule has 1 atom stereocenters. The van der Waals surface area contributed by atoms with Gasteiger partial charge < -0.3 is 15.8 Å². The number of rotatable bonds is 6. The molecule has 0 aliphatic heterocycles. The molecule has 0 aliphatic rings. The second kappa shape index (κ2) is 7.50. The van der Waals surface area contributed by atoms with Gasteiger partial charge in [-0.1, -0.05) is 37.3 Å². The van der Waals surface area contributed by atoms with Crippen LogP contribution in [0.4, 0.5) is 5.69 Å². The van der Waals surface area contributed by atoms with Crippen LogP contribution in [-0.4, -0.2) is 11.9 Å². The Kier molecular flexibility index (Phi) is 5.42. The second-order valence-electron chi connectivity index (χ2n) is 5.31. The molecule has 1 unspecified atom stereocenters. The lowest BCUT2D eigenvalue weighted by Crippen LogP contribution is -2.31. The van der Waals surface area contributed by atoms with E-state index in [2.05, 4.69) is 5.32 Å². The van der Waals surface area contributed by atoms with Crippen molar-refractivity contribution in [3.8, 4) is 5.75 Å². The number of amides is 1. The van der Waals surface area contributed by atoms with Crippen LogP contribution in [0.3, 0.4) is 0 Å². The number of hydrogen-bond acceptors (Lipinski definition) is 3. The van der Waals surface area contributed by atoms with E-state index in [1.165, 1.54) is 0 Å². The number of carbonyl (C=O) groups is 1. The quantitative estimate of drug-likeness (QED) is 0.804. The monoisotopic (exact) mass is 298 g/mol. The van der Waals surface area contributed by atoms with Crippen molar-refractivity contribution in [1.29, 1.82) is 0 Å². The summed E-state index contributed by atoms with van der Waals surface area (Å²) in [7, 11) is 0. The van der Waals surface area contributed by atoms with Gasteiger partial charge in [0.1, 0.15) is 12.4 Å². The fourth-order valence-electron chi connectivity index (χ4n) is 1.95. The highest BCUT2D eigenvalue weighted by Gasteiger charge is 2.11. The molecule has 4 heteroatoms. The first kappa shape index (κ1) is 15.9. The van der Waals surface area contributed by atoms with Gasteiger partial charge in [-0.05, 0) is 37.1 Å². The van der Waals surface area contributed by atoms with Crippen molar-refractivity contribution < 1.29 is 9.53 Å². The summed E-state index contributed by atoms with van der Waals surface area (Å²) >= 11 is 0. The molecule has 0 aromatic heterocycles. The van der Waals surface area contributed by atoms with Gasteiger partial charge in [0.15, 0.2) is 0 Å². The van der Waals surface area contributed by atoms with Crippen molar-refractivity contribution in [2.24, 2.45) is 0 Å². The van der Waals surface area contributed by atoms with Gasteiger partial charge in [0, 0.05) is 11.6 Å². The first-order valence-electron chi connectivity index (χ1n) is 7.47. The largest absolute Gasteiger partial charge is 0.487 e. The van der Waals surface area contributed by atoms with Crippen molar-refractivity contribution in [3.63, 3.8) is 0 Å². The van der Waals surface area contributed by atoms with Crippen LogP contribution in [0.25, 0.3) is 0 Å². The minimum atomic E-state index is -0.112. The molecule has 22 heavy (non-hydrogen) atoms. The second-order valence-corrected chi connectivity index (χ2v) is 5.31. The van der Waals surface area contributed by atoms with Crippen molar-refractivity contribution in [2.45, 2.75) is 32.9 Å². The maximum atomic E-state index is 12.1. The summed E-state index contributed by atoms with van der Waals surface area (Å²) < 4.78 is 5.74. The summed E-state index contributed by atoms with van der Waals surface area (Å²) in [5.74, 6) is 0.416. The Morgan fingerprint density at radius 1 is 1.23 bits per heavy atom. The van der Waals surface area contributed by atoms with E-state index in [-0.39, 0.29) is 11.9 Å². The lowest BCUT2D eigenvalue weighted by molar-refractivity contribution is 0.0939. The smallest absolute Gasteiger partial charge is 0.251 e. The van der Waals surface area contributed by atoms with Gasteiger partial charge in [-0.2, -0.15) is 0 Å². The topological polar surface area (TPSA) is 64.4 Å². The molecular weight excluding hydrogens is 276 g/mol. The summed E-state index contributed by atoms with van der Waals surface area (Å²) in [5, 5.41) is 2.93. The first-order chi connectivity index (χ1) is 10.6. The summed E-state index contributed by atoms with van der Waals surface area (Å²) in [6.45, 7) is 4.42. The number of hydrogen-bond donors (Lipinski definition) is 2. The van der Waals surface area contributed by atoms with Gasteiger partial charge in [-0.15, -0.1) is 0 Å². The lowest BCUT2D eigenvalue weighted by Gasteiger charge is -2.13. The Morgan fingerprint density at radius 3 is 2.64 bits per heavy atom. The van der Waals surface area contributed by atoms with Gasteiger partial charge in [-0.25, -0.2) is 0 Å². The van der Waals surface area contributed by atoms with E-state index in [4.69, 9.17) is 10.5 Å². The molecule has 2 aromatic carbocycles. The van der Waals surface area contributed by atoms with E-state index in [9.17, 15) is 4.79 Å². The van der Waals surface area contributed by atoms with E-state index in [0.717, 1.165) is 12.0 Å². The predicted molar refractivity (Wildman–Crippen MR) is 88.8 cm³/mol. The number of nitrogen functional groups attached to an aromatic ring is 1. The van der Waals surface area contributed by atoms with Crippen molar-refractivity contribution in [1.82, 2.24) is 5.32 Å². The highest BCUT2D eigenvalue weighted by molar-refractivity contribution is 5.95. The SMILES string of the molecule is CCC(C)NC(=O)c1ccc(N)c(OCc2ccccc2)c1. The number of anilines is 1. The van der Waals surface area contributed by atoms with Crippen LogP contribution in [-0.2, 0) is 6.61 Å². The third-order valence-electron chi connectivity index (χ3n) is 3.50. The molecule has 0 saturated carbocycles. The highest BCUT2D eigenvalue weighted by atomic mass is 16.5. The summed E-state index contributed by atoms with van der Waals surface area (Å²) in [6.07, 6.45) is 0.887. The molecule has 3 N–H and O–H groups in total. The van der Waals surface area contributed by atoms with E-state index in [0.29, 0.717) is 23.6 Å². The van der Waals surface area contributed by atoms with E-state index < -0.39 is 0 Å². The van der Waals surface area contributed by atoms with Crippen LogP contribution in [0.2, 0.25) is 0 Å². The zero-order chi connectivity index (χ0) is 15.9. The standard InChI is InChI=1S/C18H22N2O2/c1-3-13(2)20-18(21)15-9-10-16(19)17(11-15)22-12-14-7-5-4-6-8-14/h4-11,13H,3,12,19H2,1-2H3,(H,20,21). The average molecular weight is 298 g/mol. The lowest BCUT2D eigenvalue weighted by atomic mass is 10.1. The number of nitrogens with two attached hydrogens (primary N) is 1. The molecule has 0 bridgehead atoms. The maximum absolute atomic E-state index is 12.1. The normalized spacial score (nSPS) is 11.7. The molecule has 0 aliphatic carbocycles. The average Bonchev–Trinajstić information content (AvgIpc) is 2.54. The third kappa shape index (κ3) is 4.25. The van der Waals surface area contributed by atoms with Crippen molar-refractivity contribution >= 4 is 11.6 Å². The van der Waals surface area contributed by atoms with Crippen molar-refractivity contribution in [3.05, 3.63) is 59.7 Å².